The fraction of sp³-hybridized carbons (Fsp3) is 0.0500. The van der Waals surface area contributed by atoms with E-state index in [1.54, 1.807) is 36.4 Å². The molecule has 0 spiro atoms. The lowest BCUT2D eigenvalue weighted by Crippen LogP contribution is -2.03. The maximum absolute atomic E-state index is 12.3. The van der Waals surface area contributed by atoms with Crippen molar-refractivity contribution in [3.8, 4) is 28.4 Å². The largest absolute Gasteiger partial charge is 0.508 e. The van der Waals surface area contributed by atoms with Crippen LogP contribution in [0.3, 0.4) is 0 Å². The molecule has 2 N–H and O–H groups in total. The number of ketones is 1. The molecule has 0 aromatic heterocycles. The number of carbonyl (C=O) groups is 1. The molecule has 3 aromatic rings. The van der Waals surface area contributed by atoms with Gasteiger partial charge in [-0.3, -0.25) is 4.79 Å². The molecule has 0 atom stereocenters. The lowest BCUT2D eigenvalue weighted by Gasteiger charge is -2.18. The molecule has 0 heterocycles. The van der Waals surface area contributed by atoms with E-state index >= 15 is 0 Å². The number of hydrogen-bond donors (Lipinski definition) is 2. The first-order valence-electron chi connectivity index (χ1n) is 7.48. The minimum Gasteiger partial charge on any atom is -0.508 e. The highest BCUT2D eigenvalue weighted by molar-refractivity contribution is 6.23. The number of phenolic OH excluding ortho intramolecular Hbond substituents is 2. The smallest absolute Gasteiger partial charge is 0.186 e. The van der Waals surface area contributed by atoms with Gasteiger partial charge in [-0.15, -0.1) is 0 Å². The van der Waals surface area contributed by atoms with Crippen LogP contribution in [0.4, 0.5) is 0 Å². The summed E-state index contributed by atoms with van der Waals surface area (Å²) in [6.07, 6.45) is 3.28. The summed E-state index contributed by atoms with van der Waals surface area (Å²) in [7, 11) is 1.46. The summed E-state index contributed by atoms with van der Waals surface area (Å²) in [6, 6.07) is 12.1. The molecule has 0 saturated heterocycles. The van der Waals surface area contributed by atoms with Crippen molar-refractivity contribution in [3.63, 3.8) is 0 Å². The van der Waals surface area contributed by atoms with Crippen molar-refractivity contribution in [3.05, 3.63) is 59.7 Å². The van der Waals surface area contributed by atoms with Crippen LogP contribution in [-0.4, -0.2) is 23.1 Å². The number of carbonyl (C=O) groups excluding carboxylic acids is 1. The van der Waals surface area contributed by atoms with Gasteiger partial charge in [0, 0.05) is 16.3 Å². The standard InChI is InChI=1S/C20H14O4/c1-24-17-10-15-16(22)9-5-12-4-8-14(19(18(12)15)20(17)23)11-2-6-13(21)7-3-11/h2-10,21,23H,1H3. The van der Waals surface area contributed by atoms with Crippen molar-refractivity contribution in [1.29, 1.82) is 0 Å². The Bertz CT molecular complexity index is 1010. The number of allylic oxidation sites excluding steroid dienone is 1. The highest BCUT2D eigenvalue weighted by atomic mass is 16.5. The van der Waals surface area contributed by atoms with Gasteiger partial charge in [0.25, 0.3) is 0 Å². The van der Waals surface area contributed by atoms with Crippen LogP contribution in [0.1, 0.15) is 15.9 Å². The van der Waals surface area contributed by atoms with Gasteiger partial charge in [0.1, 0.15) is 5.75 Å². The van der Waals surface area contributed by atoms with E-state index in [4.69, 9.17) is 4.74 Å². The van der Waals surface area contributed by atoms with Gasteiger partial charge >= 0.3 is 0 Å². The quantitative estimate of drug-likeness (QED) is 0.745. The van der Waals surface area contributed by atoms with Gasteiger partial charge in [0.05, 0.1) is 7.11 Å². The summed E-state index contributed by atoms with van der Waals surface area (Å²) in [5, 5.41) is 21.5. The van der Waals surface area contributed by atoms with Gasteiger partial charge in [0.15, 0.2) is 17.3 Å². The third-order valence-corrected chi connectivity index (χ3v) is 4.33. The van der Waals surface area contributed by atoms with Gasteiger partial charge in [-0.05, 0) is 41.0 Å². The van der Waals surface area contributed by atoms with E-state index in [1.165, 1.54) is 13.2 Å². The number of rotatable bonds is 2. The van der Waals surface area contributed by atoms with Gasteiger partial charge in [0.2, 0.25) is 0 Å². The zero-order valence-electron chi connectivity index (χ0n) is 12.9. The van der Waals surface area contributed by atoms with Crippen LogP contribution in [-0.2, 0) is 0 Å². The molecule has 0 saturated carbocycles. The SMILES string of the molecule is COc1cc2c3c(ccc(-c4ccc(O)cc4)c3c1O)C=CC2=O. The zero-order valence-corrected chi connectivity index (χ0v) is 12.9. The fourth-order valence-corrected chi connectivity index (χ4v) is 3.18. The molecule has 0 amide bonds. The number of phenols is 2. The van der Waals surface area contributed by atoms with Crippen molar-refractivity contribution < 1.29 is 19.7 Å². The molecule has 3 aromatic carbocycles. The predicted molar refractivity (Wildman–Crippen MR) is 92.6 cm³/mol. The summed E-state index contributed by atoms with van der Waals surface area (Å²) < 4.78 is 5.25. The van der Waals surface area contributed by atoms with Gasteiger partial charge in [-0.25, -0.2) is 0 Å². The Hall–Kier alpha value is -3.27. The van der Waals surface area contributed by atoms with Gasteiger partial charge in [-0.2, -0.15) is 0 Å². The molecule has 1 aliphatic carbocycles. The van der Waals surface area contributed by atoms with Crippen LogP contribution >= 0.6 is 0 Å². The Morgan fingerprint density at radius 1 is 0.875 bits per heavy atom. The lowest BCUT2D eigenvalue weighted by molar-refractivity contribution is 0.104. The Morgan fingerprint density at radius 3 is 2.33 bits per heavy atom. The maximum atomic E-state index is 12.3. The van der Waals surface area contributed by atoms with E-state index in [1.807, 2.05) is 12.1 Å². The molecular weight excluding hydrogens is 304 g/mol. The minimum atomic E-state index is -0.117. The predicted octanol–water partition coefficient (Wildman–Crippen LogP) is 4.14. The number of methoxy groups -OCH3 is 1. The Labute approximate surface area is 138 Å². The van der Waals surface area contributed by atoms with E-state index in [9.17, 15) is 15.0 Å². The van der Waals surface area contributed by atoms with Gasteiger partial charge in [-0.1, -0.05) is 30.3 Å². The number of benzene rings is 3. The molecule has 4 rings (SSSR count). The Balaban J connectivity index is 2.16. The van der Waals surface area contributed by atoms with Crippen LogP contribution < -0.4 is 4.74 Å². The van der Waals surface area contributed by atoms with E-state index < -0.39 is 0 Å². The normalized spacial score (nSPS) is 12.6. The zero-order chi connectivity index (χ0) is 16.8. The minimum absolute atomic E-state index is 0.00396. The molecule has 0 unspecified atom stereocenters. The molecule has 24 heavy (non-hydrogen) atoms. The van der Waals surface area contributed by atoms with Crippen molar-refractivity contribution in [1.82, 2.24) is 0 Å². The van der Waals surface area contributed by atoms with Crippen LogP contribution in [0.2, 0.25) is 0 Å². The molecule has 0 fully saturated rings. The summed E-state index contributed by atoms with van der Waals surface area (Å²) in [5.74, 6) is 0.317. The molecule has 0 aliphatic heterocycles. The summed E-state index contributed by atoms with van der Waals surface area (Å²) in [5.41, 5.74) is 2.99. The number of ether oxygens (including phenoxy) is 1. The molecular formula is C20H14O4. The van der Waals surface area contributed by atoms with E-state index in [0.717, 1.165) is 16.7 Å². The molecule has 4 nitrogen and oxygen atoms in total. The second-order valence-corrected chi connectivity index (χ2v) is 5.67. The van der Waals surface area contributed by atoms with E-state index in [0.29, 0.717) is 16.3 Å². The third kappa shape index (κ3) is 1.97. The average molecular weight is 318 g/mol. The first-order chi connectivity index (χ1) is 11.6. The lowest BCUT2D eigenvalue weighted by atomic mass is 9.87. The van der Waals surface area contributed by atoms with Crippen molar-refractivity contribution in [2.24, 2.45) is 0 Å². The molecule has 4 heteroatoms. The molecule has 0 bridgehead atoms. The maximum Gasteiger partial charge on any atom is 0.186 e. The highest BCUT2D eigenvalue weighted by Crippen LogP contribution is 2.45. The first-order valence-corrected chi connectivity index (χ1v) is 7.48. The van der Waals surface area contributed by atoms with Crippen LogP contribution in [0.15, 0.2) is 48.5 Å². The van der Waals surface area contributed by atoms with Crippen molar-refractivity contribution >= 4 is 22.6 Å². The molecule has 0 radical (unpaired) electrons. The van der Waals surface area contributed by atoms with Crippen LogP contribution in [0.5, 0.6) is 17.2 Å². The Kier molecular flexibility index (Phi) is 3.06. The second kappa shape index (κ2) is 5.13. The third-order valence-electron chi connectivity index (χ3n) is 4.33. The fourth-order valence-electron chi connectivity index (χ4n) is 3.18. The second-order valence-electron chi connectivity index (χ2n) is 5.67. The summed E-state index contributed by atoms with van der Waals surface area (Å²) >= 11 is 0. The number of hydrogen-bond acceptors (Lipinski definition) is 4. The topological polar surface area (TPSA) is 66.8 Å². The molecule has 118 valence electrons. The summed E-state index contributed by atoms with van der Waals surface area (Å²) in [6.45, 7) is 0. The monoisotopic (exact) mass is 318 g/mol. The first kappa shape index (κ1) is 14.3. The average Bonchev–Trinajstić information content (AvgIpc) is 2.60. The van der Waals surface area contributed by atoms with Crippen LogP contribution in [0, 0.1) is 0 Å². The van der Waals surface area contributed by atoms with E-state index in [2.05, 4.69) is 0 Å². The van der Waals surface area contributed by atoms with E-state index in [-0.39, 0.29) is 23.0 Å². The van der Waals surface area contributed by atoms with Crippen molar-refractivity contribution in [2.75, 3.05) is 7.11 Å². The summed E-state index contributed by atoms with van der Waals surface area (Å²) in [4.78, 5) is 12.3. The molecule has 1 aliphatic rings. The van der Waals surface area contributed by atoms with Gasteiger partial charge < -0.3 is 14.9 Å². The number of aromatic hydroxyl groups is 2. The highest BCUT2D eigenvalue weighted by Gasteiger charge is 2.23. The van der Waals surface area contributed by atoms with Crippen molar-refractivity contribution in [2.45, 2.75) is 0 Å². The Morgan fingerprint density at radius 2 is 1.62 bits per heavy atom. The van der Waals surface area contributed by atoms with Crippen LogP contribution in [0.25, 0.3) is 28.0 Å².